The molecule has 1 unspecified atom stereocenters. The first-order valence-electron chi connectivity index (χ1n) is 7.04. The van der Waals surface area contributed by atoms with Crippen molar-refractivity contribution in [3.8, 4) is 0 Å². The van der Waals surface area contributed by atoms with E-state index in [2.05, 4.69) is 11.6 Å². The minimum absolute atomic E-state index is 0.174. The van der Waals surface area contributed by atoms with Crippen molar-refractivity contribution in [2.45, 2.75) is 56.9 Å². The minimum Gasteiger partial charge on any atom is -0.396 e. The number of unbranched alkanes of at least 4 members (excludes halogenated alkanes) is 3. The van der Waals surface area contributed by atoms with Crippen molar-refractivity contribution < 1.29 is 12.8 Å². The van der Waals surface area contributed by atoms with Crippen LogP contribution in [0.15, 0.2) is 17.0 Å². The smallest absolute Gasteiger partial charge is 0.242 e. The second-order valence-electron chi connectivity index (χ2n) is 5.18. The van der Waals surface area contributed by atoms with Gasteiger partial charge in [-0.2, -0.15) is 0 Å². The topological polar surface area (TPSA) is 72.2 Å². The second kappa shape index (κ2) is 7.96. The Kier molecular flexibility index (Phi) is 6.90. The molecule has 1 atom stereocenters. The summed E-state index contributed by atoms with van der Waals surface area (Å²) in [4.78, 5) is -0.191. The Bertz CT molecular complexity index is 579. The van der Waals surface area contributed by atoms with E-state index in [4.69, 9.17) is 17.3 Å². The van der Waals surface area contributed by atoms with Crippen LogP contribution in [0, 0.1) is 5.82 Å². The van der Waals surface area contributed by atoms with Gasteiger partial charge in [-0.05, 0) is 25.5 Å². The van der Waals surface area contributed by atoms with Gasteiger partial charge in [0.25, 0.3) is 0 Å². The average molecular weight is 337 g/mol. The summed E-state index contributed by atoms with van der Waals surface area (Å²) in [6, 6.07) is 1.75. The van der Waals surface area contributed by atoms with E-state index in [0.717, 1.165) is 44.2 Å². The van der Waals surface area contributed by atoms with Gasteiger partial charge >= 0.3 is 0 Å². The van der Waals surface area contributed by atoms with E-state index < -0.39 is 15.8 Å². The summed E-state index contributed by atoms with van der Waals surface area (Å²) in [5.41, 5.74) is 5.16. The number of hydrogen-bond acceptors (Lipinski definition) is 3. The first-order valence-corrected chi connectivity index (χ1v) is 8.91. The molecular formula is C14H22ClFN2O2S. The van der Waals surface area contributed by atoms with Gasteiger partial charge in [0.15, 0.2) is 0 Å². The summed E-state index contributed by atoms with van der Waals surface area (Å²) >= 11 is 5.80. The van der Waals surface area contributed by atoms with Crippen LogP contribution in [0.2, 0.25) is 5.02 Å². The number of halogens is 2. The fraction of sp³-hybridized carbons (Fsp3) is 0.571. The number of benzene rings is 1. The molecule has 0 saturated heterocycles. The molecule has 0 aliphatic carbocycles. The predicted molar refractivity (Wildman–Crippen MR) is 84.4 cm³/mol. The Morgan fingerprint density at radius 3 is 2.62 bits per heavy atom. The van der Waals surface area contributed by atoms with Crippen LogP contribution in [0.1, 0.15) is 46.0 Å². The first kappa shape index (κ1) is 18.2. The molecule has 1 aromatic rings. The van der Waals surface area contributed by atoms with Crippen molar-refractivity contribution in [2.24, 2.45) is 0 Å². The van der Waals surface area contributed by atoms with E-state index in [-0.39, 0.29) is 21.6 Å². The molecule has 0 radical (unpaired) electrons. The molecule has 1 rings (SSSR count). The summed E-state index contributed by atoms with van der Waals surface area (Å²) in [6.45, 7) is 3.91. The van der Waals surface area contributed by atoms with Crippen LogP contribution in [0.25, 0.3) is 0 Å². The van der Waals surface area contributed by atoms with Crippen molar-refractivity contribution in [3.63, 3.8) is 0 Å². The van der Waals surface area contributed by atoms with Crippen LogP contribution in [-0.4, -0.2) is 14.5 Å². The minimum atomic E-state index is -3.80. The molecule has 0 fully saturated rings. The molecular weight excluding hydrogens is 315 g/mol. The molecule has 0 bridgehead atoms. The molecule has 0 saturated carbocycles. The van der Waals surface area contributed by atoms with E-state index in [9.17, 15) is 12.8 Å². The maximum Gasteiger partial charge on any atom is 0.242 e. The number of nitrogens with two attached hydrogens (primary N) is 1. The molecule has 0 spiro atoms. The number of nitrogens with one attached hydrogen (secondary N) is 1. The van der Waals surface area contributed by atoms with Crippen LogP contribution in [0.3, 0.4) is 0 Å². The Hall–Kier alpha value is -0.850. The molecule has 120 valence electrons. The number of anilines is 1. The third kappa shape index (κ3) is 5.45. The molecule has 0 aliphatic heterocycles. The second-order valence-corrected chi connectivity index (χ2v) is 7.27. The van der Waals surface area contributed by atoms with Gasteiger partial charge in [-0.1, -0.05) is 44.2 Å². The molecule has 4 nitrogen and oxygen atoms in total. The van der Waals surface area contributed by atoms with Gasteiger partial charge in [-0.3, -0.25) is 0 Å². The van der Waals surface area contributed by atoms with E-state index in [1.165, 1.54) is 0 Å². The van der Waals surface area contributed by atoms with E-state index in [0.29, 0.717) is 0 Å². The lowest BCUT2D eigenvalue weighted by molar-refractivity contribution is 0.522. The van der Waals surface area contributed by atoms with Gasteiger partial charge in [0.1, 0.15) is 10.7 Å². The Morgan fingerprint density at radius 2 is 2.00 bits per heavy atom. The number of nitrogen functional groups attached to an aromatic ring is 1. The molecule has 21 heavy (non-hydrogen) atoms. The summed E-state index contributed by atoms with van der Waals surface area (Å²) in [7, 11) is -3.80. The number of hydrogen-bond donors (Lipinski definition) is 2. The van der Waals surface area contributed by atoms with E-state index in [1.54, 1.807) is 6.92 Å². The molecule has 3 N–H and O–H groups in total. The summed E-state index contributed by atoms with van der Waals surface area (Å²) in [5.74, 6) is -0.730. The van der Waals surface area contributed by atoms with E-state index >= 15 is 0 Å². The lowest BCUT2D eigenvalue weighted by Gasteiger charge is -2.15. The van der Waals surface area contributed by atoms with E-state index in [1.807, 2.05) is 0 Å². The fourth-order valence-electron chi connectivity index (χ4n) is 2.02. The van der Waals surface area contributed by atoms with Crippen molar-refractivity contribution >= 4 is 27.3 Å². The van der Waals surface area contributed by atoms with Crippen molar-refractivity contribution in [3.05, 3.63) is 23.0 Å². The third-order valence-corrected chi connectivity index (χ3v) is 5.24. The summed E-state index contributed by atoms with van der Waals surface area (Å²) in [6.07, 6.45) is 5.04. The molecule has 0 aliphatic rings. The normalized spacial score (nSPS) is 13.3. The molecule has 7 heteroatoms. The van der Waals surface area contributed by atoms with Crippen molar-refractivity contribution in [1.29, 1.82) is 0 Å². The quantitative estimate of drug-likeness (QED) is 0.561. The van der Waals surface area contributed by atoms with Gasteiger partial charge in [0, 0.05) is 6.04 Å². The lowest BCUT2D eigenvalue weighted by atomic mass is 10.1. The highest BCUT2D eigenvalue weighted by Crippen LogP contribution is 2.26. The Balaban J connectivity index is 2.75. The average Bonchev–Trinajstić information content (AvgIpc) is 2.38. The number of sulfonamides is 1. The molecule has 0 aromatic heterocycles. The standard InChI is InChI=1S/C14H22ClFN2O2S/c1-3-4-5-6-7-10(2)18-21(19,20)14-9-13(17)12(16)8-11(14)15/h8-10,18H,3-7,17H2,1-2H3. The molecule has 0 heterocycles. The highest BCUT2D eigenvalue weighted by Gasteiger charge is 2.22. The van der Waals surface area contributed by atoms with Crippen LogP contribution in [-0.2, 0) is 10.0 Å². The number of rotatable bonds is 8. The van der Waals surface area contributed by atoms with Gasteiger partial charge in [0.05, 0.1) is 10.7 Å². The zero-order valence-electron chi connectivity index (χ0n) is 12.3. The highest BCUT2D eigenvalue weighted by molar-refractivity contribution is 7.89. The zero-order chi connectivity index (χ0) is 16.0. The Morgan fingerprint density at radius 1 is 1.33 bits per heavy atom. The zero-order valence-corrected chi connectivity index (χ0v) is 13.9. The summed E-state index contributed by atoms with van der Waals surface area (Å²) < 4.78 is 40.3. The molecule has 1 aromatic carbocycles. The largest absolute Gasteiger partial charge is 0.396 e. The Labute approximate surface area is 130 Å². The highest BCUT2D eigenvalue weighted by atomic mass is 35.5. The van der Waals surface area contributed by atoms with Gasteiger partial charge in [-0.15, -0.1) is 0 Å². The van der Waals surface area contributed by atoms with Crippen LogP contribution in [0.5, 0.6) is 0 Å². The van der Waals surface area contributed by atoms with Crippen molar-refractivity contribution in [1.82, 2.24) is 4.72 Å². The SMILES string of the molecule is CCCCCCC(C)NS(=O)(=O)c1cc(N)c(F)cc1Cl. The first-order chi connectivity index (χ1) is 9.77. The lowest BCUT2D eigenvalue weighted by Crippen LogP contribution is -2.32. The maximum absolute atomic E-state index is 13.2. The van der Waals surface area contributed by atoms with Crippen LogP contribution >= 0.6 is 11.6 Å². The van der Waals surface area contributed by atoms with Crippen LogP contribution < -0.4 is 10.5 Å². The predicted octanol–water partition coefficient (Wildman–Crippen LogP) is 3.70. The maximum atomic E-state index is 13.2. The fourth-order valence-corrected chi connectivity index (χ4v) is 3.84. The molecule has 0 amide bonds. The van der Waals surface area contributed by atoms with Gasteiger partial charge in [-0.25, -0.2) is 17.5 Å². The van der Waals surface area contributed by atoms with Crippen molar-refractivity contribution in [2.75, 3.05) is 5.73 Å². The van der Waals surface area contributed by atoms with Gasteiger partial charge in [0.2, 0.25) is 10.0 Å². The summed E-state index contributed by atoms with van der Waals surface area (Å²) in [5, 5.41) is -0.174. The third-order valence-electron chi connectivity index (χ3n) is 3.19. The monoisotopic (exact) mass is 336 g/mol. The van der Waals surface area contributed by atoms with Gasteiger partial charge < -0.3 is 5.73 Å². The van der Waals surface area contributed by atoms with Crippen LogP contribution in [0.4, 0.5) is 10.1 Å².